The Morgan fingerprint density at radius 3 is 2.80 bits per heavy atom. The van der Waals surface area contributed by atoms with Crippen LogP contribution in [-0.4, -0.2) is 37.6 Å². The van der Waals surface area contributed by atoms with Gasteiger partial charge in [-0.15, -0.1) is 11.8 Å². The molecule has 0 aliphatic carbocycles. The monoisotopic (exact) mass is 227 g/mol. The second-order valence-corrected chi connectivity index (χ2v) is 4.53. The molecule has 82 valence electrons. The van der Waals surface area contributed by atoms with Crippen LogP contribution in [0.25, 0.3) is 0 Å². The van der Waals surface area contributed by atoms with Crippen LogP contribution in [0.2, 0.25) is 0 Å². The first-order valence-electron chi connectivity index (χ1n) is 4.66. The molecular formula is C11H14FNOS. The summed E-state index contributed by atoms with van der Waals surface area (Å²) < 4.78 is 13.4. The summed E-state index contributed by atoms with van der Waals surface area (Å²) in [5.41, 5.74) is 0.429. The Bertz CT molecular complexity index is 341. The first-order valence-corrected chi connectivity index (χ1v) is 5.65. The van der Waals surface area contributed by atoms with E-state index in [1.165, 1.54) is 17.8 Å². The molecule has 0 aliphatic rings. The van der Waals surface area contributed by atoms with E-state index < -0.39 is 0 Å². The van der Waals surface area contributed by atoms with Gasteiger partial charge in [-0.05, 0) is 20.2 Å². The molecule has 0 aliphatic heterocycles. The molecule has 0 unspecified atom stereocenters. The van der Waals surface area contributed by atoms with Crippen molar-refractivity contribution in [1.29, 1.82) is 0 Å². The molecule has 1 aromatic rings. The standard InChI is InChI=1S/C11H14FNOS/c1-13(2)6-7-15-11-9(8-14)4-3-5-10(11)12/h3-5,8H,6-7H2,1-2H3. The predicted octanol–water partition coefficient (Wildman–Crippen LogP) is 2.29. The van der Waals surface area contributed by atoms with E-state index in [2.05, 4.69) is 0 Å². The Morgan fingerprint density at radius 1 is 1.47 bits per heavy atom. The number of hydrogen-bond donors (Lipinski definition) is 0. The molecule has 0 radical (unpaired) electrons. The first-order chi connectivity index (χ1) is 7.15. The van der Waals surface area contributed by atoms with Crippen molar-refractivity contribution in [2.24, 2.45) is 0 Å². The minimum Gasteiger partial charge on any atom is -0.309 e. The lowest BCUT2D eigenvalue weighted by molar-refractivity contribution is 0.112. The van der Waals surface area contributed by atoms with Crippen LogP contribution in [0, 0.1) is 5.82 Å². The summed E-state index contributed by atoms with van der Waals surface area (Å²) in [6, 6.07) is 4.56. The van der Waals surface area contributed by atoms with Gasteiger partial charge in [-0.3, -0.25) is 4.79 Å². The maximum Gasteiger partial charge on any atom is 0.151 e. The largest absolute Gasteiger partial charge is 0.309 e. The van der Waals surface area contributed by atoms with Gasteiger partial charge in [0.1, 0.15) is 5.82 Å². The number of hydrogen-bond acceptors (Lipinski definition) is 3. The van der Waals surface area contributed by atoms with Crippen molar-refractivity contribution in [2.75, 3.05) is 26.4 Å². The number of carbonyl (C=O) groups excluding carboxylic acids is 1. The van der Waals surface area contributed by atoms with Crippen LogP contribution in [-0.2, 0) is 0 Å². The maximum atomic E-state index is 13.4. The number of nitrogens with zero attached hydrogens (tertiary/aromatic N) is 1. The minimum absolute atomic E-state index is 0.316. The lowest BCUT2D eigenvalue weighted by Gasteiger charge is -2.10. The van der Waals surface area contributed by atoms with Crippen molar-refractivity contribution in [1.82, 2.24) is 4.90 Å². The van der Waals surface area contributed by atoms with Gasteiger partial charge in [-0.1, -0.05) is 12.1 Å². The van der Waals surface area contributed by atoms with Crippen molar-refractivity contribution < 1.29 is 9.18 Å². The zero-order chi connectivity index (χ0) is 11.3. The summed E-state index contributed by atoms with van der Waals surface area (Å²) in [5, 5.41) is 0. The molecule has 0 spiro atoms. The zero-order valence-corrected chi connectivity index (χ0v) is 9.68. The zero-order valence-electron chi connectivity index (χ0n) is 8.87. The Labute approximate surface area is 93.5 Å². The van der Waals surface area contributed by atoms with Crippen molar-refractivity contribution >= 4 is 18.0 Å². The second-order valence-electron chi connectivity index (χ2n) is 3.43. The van der Waals surface area contributed by atoms with Crippen molar-refractivity contribution in [3.8, 4) is 0 Å². The van der Waals surface area contributed by atoms with Crippen LogP contribution in [0.1, 0.15) is 10.4 Å². The number of carbonyl (C=O) groups is 1. The fourth-order valence-corrected chi connectivity index (χ4v) is 2.25. The van der Waals surface area contributed by atoms with Gasteiger partial charge in [-0.25, -0.2) is 4.39 Å². The quantitative estimate of drug-likeness (QED) is 0.568. The number of halogens is 1. The normalized spacial score (nSPS) is 10.7. The van der Waals surface area contributed by atoms with E-state index in [4.69, 9.17) is 0 Å². The Kier molecular flexibility index (Phi) is 4.78. The highest BCUT2D eigenvalue weighted by Gasteiger charge is 2.07. The van der Waals surface area contributed by atoms with Crippen LogP contribution in [0.3, 0.4) is 0 Å². The molecule has 0 heterocycles. The van der Waals surface area contributed by atoms with E-state index in [-0.39, 0.29) is 5.82 Å². The van der Waals surface area contributed by atoms with Gasteiger partial charge in [-0.2, -0.15) is 0 Å². The molecular weight excluding hydrogens is 213 g/mol. The van der Waals surface area contributed by atoms with Gasteiger partial charge in [0.25, 0.3) is 0 Å². The van der Waals surface area contributed by atoms with Gasteiger partial charge in [0.2, 0.25) is 0 Å². The highest BCUT2D eigenvalue weighted by atomic mass is 32.2. The maximum absolute atomic E-state index is 13.4. The van der Waals surface area contributed by atoms with Gasteiger partial charge in [0.05, 0.1) is 4.90 Å². The first kappa shape index (κ1) is 12.2. The number of aldehydes is 1. The highest BCUT2D eigenvalue weighted by molar-refractivity contribution is 7.99. The van der Waals surface area contributed by atoms with Crippen molar-refractivity contribution in [3.63, 3.8) is 0 Å². The summed E-state index contributed by atoms with van der Waals surface area (Å²) in [4.78, 5) is 13.2. The molecule has 1 rings (SSSR count). The fourth-order valence-electron chi connectivity index (χ4n) is 1.10. The van der Waals surface area contributed by atoms with E-state index in [9.17, 15) is 9.18 Å². The molecule has 0 N–H and O–H groups in total. The lowest BCUT2D eigenvalue weighted by atomic mass is 10.2. The average molecular weight is 227 g/mol. The smallest absolute Gasteiger partial charge is 0.151 e. The number of rotatable bonds is 5. The van der Waals surface area contributed by atoms with Gasteiger partial charge in [0, 0.05) is 17.9 Å². The third-order valence-corrected chi connectivity index (χ3v) is 3.02. The molecule has 0 fully saturated rings. The van der Waals surface area contributed by atoms with Crippen LogP contribution < -0.4 is 0 Å². The average Bonchev–Trinajstić information content (AvgIpc) is 2.20. The van der Waals surface area contributed by atoms with Gasteiger partial charge in [0.15, 0.2) is 6.29 Å². The summed E-state index contributed by atoms with van der Waals surface area (Å²) in [5.74, 6) is 0.456. The van der Waals surface area contributed by atoms with E-state index in [0.717, 1.165) is 12.3 Å². The minimum atomic E-state index is -0.316. The van der Waals surface area contributed by atoms with Crippen LogP contribution in [0.15, 0.2) is 23.1 Å². The van der Waals surface area contributed by atoms with Gasteiger partial charge < -0.3 is 4.90 Å². The molecule has 4 heteroatoms. The summed E-state index contributed by atoms with van der Waals surface area (Å²) in [6.07, 6.45) is 0.696. The van der Waals surface area contributed by atoms with Crippen molar-refractivity contribution in [2.45, 2.75) is 4.90 Å². The molecule has 0 aromatic heterocycles. The molecule has 0 saturated carbocycles. The molecule has 0 amide bonds. The summed E-state index contributed by atoms with van der Waals surface area (Å²) >= 11 is 1.38. The SMILES string of the molecule is CN(C)CCSc1c(F)cccc1C=O. The molecule has 1 aromatic carbocycles. The summed E-state index contributed by atoms with van der Waals surface area (Å²) in [6.45, 7) is 0.858. The van der Waals surface area contributed by atoms with E-state index in [1.807, 2.05) is 19.0 Å². The predicted molar refractivity (Wildman–Crippen MR) is 61.1 cm³/mol. The Hall–Kier alpha value is -0.870. The van der Waals surface area contributed by atoms with Gasteiger partial charge >= 0.3 is 0 Å². The third kappa shape index (κ3) is 3.64. The van der Waals surface area contributed by atoms with E-state index in [0.29, 0.717) is 16.7 Å². The molecule has 2 nitrogen and oxygen atoms in total. The molecule has 0 atom stereocenters. The van der Waals surface area contributed by atoms with Crippen molar-refractivity contribution in [3.05, 3.63) is 29.6 Å². The second kappa shape index (κ2) is 5.88. The fraction of sp³-hybridized carbons (Fsp3) is 0.364. The highest BCUT2D eigenvalue weighted by Crippen LogP contribution is 2.24. The topological polar surface area (TPSA) is 20.3 Å². The Morgan fingerprint density at radius 2 is 2.20 bits per heavy atom. The lowest BCUT2D eigenvalue weighted by Crippen LogP contribution is -2.14. The van der Waals surface area contributed by atoms with E-state index in [1.54, 1.807) is 12.1 Å². The Balaban J connectivity index is 2.70. The number of thioether (sulfide) groups is 1. The van der Waals surface area contributed by atoms with Crippen LogP contribution in [0.5, 0.6) is 0 Å². The van der Waals surface area contributed by atoms with E-state index >= 15 is 0 Å². The molecule has 15 heavy (non-hydrogen) atoms. The van der Waals surface area contributed by atoms with Crippen LogP contribution in [0.4, 0.5) is 4.39 Å². The van der Waals surface area contributed by atoms with Crippen LogP contribution >= 0.6 is 11.8 Å². The molecule has 0 saturated heterocycles. The third-order valence-electron chi connectivity index (χ3n) is 1.91. The molecule has 0 bridgehead atoms. The summed E-state index contributed by atoms with van der Waals surface area (Å²) in [7, 11) is 3.92. The number of benzene rings is 1.